The average Bonchev–Trinajstić information content (AvgIpc) is 2.42. The summed E-state index contributed by atoms with van der Waals surface area (Å²) in [7, 11) is 1.62. The first-order valence-electron chi connectivity index (χ1n) is 6.33. The maximum Gasteiger partial charge on any atom is 0.102 e. The van der Waals surface area contributed by atoms with Gasteiger partial charge in [0.25, 0.3) is 0 Å². The fraction of sp³-hybridized carbons (Fsp3) is 0.400. The SMILES string of the molecule is COCCOCC(O)c1ccc2nc(C)ccc2c1. The Morgan fingerprint density at radius 1 is 1.21 bits per heavy atom. The summed E-state index contributed by atoms with van der Waals surface area (Å²) in [5, 5.41) is 11.1. The van der Waals surface area contributed by atoms with E-state index in [1.807, 2.05) is 37.3 Å². The van der Waals surface area contributed by atoms with E-state index in [-0.39, 0.29) is 6.61 Å². The van der Waals surface area contributed by atoms with Crippen LogP contribution in [0.3, 0.4) is 0 Å². The van der Waals surface area contributed by atoms with Crippen LogP contribution in [-0.2, 0) is 9.47 Å². The highest BCUT2D eigenvalue weighted by Gasteiger charge is 2.08. The number of aryl methyl sites for hydroxylation is 1. The molecule has 1 atom stereocenters. The van der Waals surface area contributed by atoms with Gasteiger partial charge in [-0.15, -0.1) is 0 Å². The number of aromatic nitrogens is 1. The first-order valence-corrected chi connectivity index (χ1v) is 6.33. The molecule has 0 aliphatic rings. The normalized spacial score (nSPS) is 12.8. The smallest absolute Gasteiger partial charge is 0.102 e. The van der Waals surface area contributed by atoms with E-state index in [0.717, 1.165) is 22.2 Å². The Kier molecular flexibility index (Phi) is 4.85. The van der Waals surface area contributed by atoms with Crippen molar-refractivity contribution in [1.82, 2.24) is 4.98 Å². The Bertz CT molecular complexity index is 542. The monoisotopic (exact) mass is 261 g/mol. The molecule has 4 nitrogen and oxygen atoms in total. The van der Waals surface area contributed by atoms with Gasteiger partial charge in [-0.25, -0.2) is 0 Å². The standard InChI is InChI=1S/C15H19NO3/c1-11-3-4-12-9-13(5-6-14(12)16-11)15(17)10-19-8-7-18-2/h3-6,9,15,17H,7-8,10H2,1-2H3. The molecule has 4 heteroatoms. The number of methoxy groups -OCH3 is 1. The molecule has 1 heterocycles. The summed E-state index contributed by atoms with van der Waals surface area (Å²) in [6.45, 7) is 3.26. The molecule has 1 N–H and O–H groups in total. The quantitative estimate of drug-likeness (QED) is 0.810. The summed E-state index contributed by atoms with van der Waals surface area (Å²) in [4.78, 5) is 4.43. The van der Waals surface area contributed by atoms with Crippen LogP contribution in [0.4, 0.5) is 0 Å². The van der Waals surface area contributed by atoms with Gasteiger partial charge in [0.2, 0.25) is 0 Å². The van der Waals surface area contributed by atoms with Crippen LogP contribution in [0.25, 0.3) is 10.9 Å². The predicted molar refractivity (Wildman–Crippen MR) is 74.1 cm³/mol. The zero-order valence-corrected chi connectivity index (χ0v) is 11.3. The topological polar surface area (TPSA) is 51.6 Å². The summed E-state index contributed by atoms with van der Waals surface area (Å²) in [6, 6.07) is 9.74. The second-order valence-electron chi connectivity index (χ2n) is 4.49. The zero-order chi connectivity index (χ0) is 13.7. The number of ether oxygens (including phenoxy) is 2. The van der Waals surface area contributed by atoms with E-state index in [2.05, 4.69) is 4.98 Å². The number of aliphatic hydroxyl groups is 1. The van der Waals surface area contributed by atoms with Gasteiger partial charge in [0.15, 0.2) is 0 Å². The van der Waals surface area contributed by atoms with Gasteiger partial charge in [-0.05, 0) is 30.7 Å². The van der Waals surface area contributed by atoms with Crippen LogP contribution in [-0.4, -0.2) is 37.0 Å². The average molecular weight is 261 g/mol. The van der Waals surface area contributed by atoms with Crippen molar-refractivity contribution in [2.75, 3.05) is 26.9 Å². The number of rotatable bonds is 6. The molecule has 0 fully saturated rings. The number of benzene rings is 1. The van der Waals surface area contributed by atoms with E-state index >= 15 is 0 Å². The highest BCUT2D eigenvalue weighted by molar-refractivity contribution is 5.79. The Balaban J connectivity index is 2.05. The molecule has 0 saturated carbocycles. The zero-order valence-electron chi connectivity index (χ0n) is 11.3. The molecule has 0 aliphatic carbocycles. The third-order valence-corrected chi connectivity index (χ3v) is 2.94. The van der Waals surface area contributed by atoms with E-state index < -0.39 is 6.10 Å². The molecule has 1 aromatic heterocycles. The second-order valence-corrected chi connectivity index (χ2v) is 4.49. The van der Waals surface area contributed by atoms with Crippen molar-refractivity contribution in [2.24, 2.45) is 0 Å². The van der Waals surface area contributed by atoms with Crippen molar-refractivity contribution >= 4 is 10.9 Å². The highest BCUT2D eigenvalue weighted by Crippen LogP contribution is 2.20. The van der Waals surface area contributed by atoms with Gasteiger partial charge in [-0.2, -0.15) is 0 Å². The van der Waals surface area contributed by atoms with Gasteiger partial charge in [-0.3, -0.25) is 4.98 Å². The summed E-state index contributed by atoms with van der Waals surface area (Å²) < 4.78 is 10.2. The van der Waals surface area contributed by atoms with Crippen molar-refractivity contribution in [3.05, 3.63) is 41.6 Å². The van der Waals surface area contributed by atoms with Gasteiger partial charge in [0, 0.05) is 18.2 Å². The Morgan fingerprint density at radius 2 is 2.05 bits per heavy atom. The van der Waals surface area contributed by atoms with Crippen molar-refractivity contribution < 1.29 is 14.6 Å². The minimum absolute atomic E-state index is 0.272. The molecular formula is C15H19NO3. The summed E-state index contributed by atoms with van der Waals surface area (Å²) in [6.07, 6.45) is -0.623. The molecule has 0 saturated heterocycles. The van der Waals surface area contributed by atoms with Crippen molar-refractivity contribution in [1.29, 1.82) is 0 Å². The Hall–Kier alpha value is -1.49. The second kappa shape index (κ2) is 6.61. The van der Waals surface area contributed by atoms with E-state index in [1.54, 1.807) is 7.11 Å². The number of hydrogen-bond acceptors (Lipinski definition) is 4. The number of nitrogens with zero attached hydrogens (tertiary/aromatic N) is 1. The molecule has 2 rings (SSSR count). The molecule has 0 amide bonds. The van der Waals surface area contributed by atoms with Crippen LogP contribution in [0, 0.1) is 6.92 Å². The van der Waals surface area contributed by atoms with Gasteiger partial charge in [-0.1, -0.05) is 12.1 Å². The van der Waals surface area contributed by atoms with Crippen LogP contribution < -0.4 is 0 Å². The van der Waals surface area contributed by atoms with Crippen LogP contribution in [0.2, 0.25) is 0 Å². The first kappa shape index (κ1) is 13.9. The largest absolute Gasteiger partial charge is 0.386 e. The minimum Gasteiger partial charge on any atom is -0.386 e. The fourth-order valence-electron chi connectivity index (χ4n) is 1.89. The molecule has 0 bridgehead atoms. The molecule has 0 aliphatic heterocycles. The van der Waals surface area contributed by atoms with Gasteiger partial charge in [0.1, 0.15) is 6.10 Å². The van der Waals surface area contributed by atoms with Crippen LogP contribution >= 0.6 is 0 Å². The lowest BCUT2D eigenvalue weighted by Crippen LogP contribution is -2.10. The predicted octanol–water partition coefficient (Wildman–Crippen LogP) is 2.24. The van der Waals surface area contributed by atoms with E-state index in [4.69, 9.17) is 9.47 Å². The van der Waals surface area contributed by atoms with Gasteiger partial charge >= 0.3 is 0 Å². The van der Waals surface area contributed by atoms with Gasteiger partial charge in [0.05, 0.1) is 25.3 Å². The number of fused-ring (bicyclic) bond motifs is 1. The fourth-order valence-corrected chi connectivity index (χ4v) is 1.89. The molecule has 1 unspecified atom stereocenters. The van der Waals surface area contributed by atoms with E-state index in [9.17, 15) is 5.11 Å². The lowest BCUT2D eigenvalue weighted by atomic mass is 10.1. The van der Waals surface area contributed by atoms with Crippen LogP contribution in [0.1, 0.15) is 17.4 Å². The maximum atomic E-state index is 10.0. The number of aliphatic hydroxyl groups excluding tert-OH is 1. The lowest BCUT2D eigenvalue weighted by Gasteiger charge is -2.12. The van der Waals surface area contributed by atoms with Crippen molar-refractivity contribution in [2.45, 2.75) is 13.0 Å². The maximum absolute atomic E-state index is 10.0. The summed E-state index contributed by atoms with van der Waals surface area (Å²) in [5.74, 6) is 0. The molecular weight excluding hydrogens is 242 g/mol. The van der Waals surface area contributed by atoms with E-state index in [1.165, 1.54) is 0 Å². The third-order valence-electron chi connectivity index (χ3n) is 2.94. The summed E-state index contributed by atoms with van der Waals surface area (Å²) >= 11 is 0. The van der Waals surface area contributed by atoms with Crippen molar-refractivity contribution in [3.8, 4) is 0 Å². The number of pyridine rings is 1. The summed E-state index contributed by atoms with van der Waals surface area (Å²) in [5.41, 5.74) is 2.77. The Labute approximate surface area is 113 Å². The Morgan fingerprint density at radius 3 is 2.84 bits per heavy atom. The molecule has 0 radical (unpaired) electrons. The molecule has 19 heavy (non-hydrogen) atoms. The molecule has 1 aromatic carbocycles. The third kappa shape index (κ3) is 3.73. The molecule has 102 valence electrons. The molecule has 0 spiro atoms. The minimum atomic E-state index is -0.623. The van der Waals surface area contributed by atoms with Crippen molar-refractivity contribution in [3.63, 3.8) is 0 Å². The number of hydrogen-bond donors (Lipinski definition) is 1. The van der Waals surface area contributed by atoms with Gasteiger partial charge < -0.3 is 14.6 Å². The lowest BCUT2D eigenvalue weighted by molar-refractivity contribution is 0.0126. The highest BCUT2D eigenvalue weighted by atomic mass is 16.5. The van der Waals surface area contributed by atoms with Crippen LogP contribution in [0.15, 0.2) is 30.3 Å². The van der Waals surface area contributed by atoms with Crippen LogP contribution in [0.5, 0.6) is 0 Å². The first-order chi connectivity index (χ1) is 9.20. The molecule has 2 aromatic rings. The van der Waals surface area contributed by atoms with E-state index in [0.29, 0.717) is 13.2 Å².